The largest absolute Gasteiger partial charge is 0.252 e. The molecular weight excluding hydrogens is 254 g/mol. The third kappa shape index (κ3) is 3.23. The Bertz CT molecular complexity index is 471. The van der Waals surface area contributed by atoms with Gasteiger partial charge in [-0.3, -0.25) is 4.68 Å². The van der Waals surface area contributed by atoms with Crippen LogP contribution in [0.3, 0.4) is 0 Å². The van der Waals surface area contributed by atoms with Gasteiger partial charge >= 0.3 is 0 Å². The zero-order chi connectivity index (χ0) is 12.1. The molecule has 0 amide bonds. The normalized spacial score (nSPS) is 10.7. The second kappa shape index (κ2) is 6.07. The number of rotatable bonds is 5. The Morgan fingerprint density at radius 2 is 2.29 bits per heavy atom. The molecule has 90 valence electrons. The minimum atomic E-state index is 0.573. The fourth-order valence-corrected chi connectivity index (χ4v) is 2.87. The molecule has 5 heteroatoms. The molecule has 0 aliphatic heterocycles. The van der Waals surface area contributed by atoms with E-state index in [1.807, 2.05) is 16.4 Å². The smallest absolute Gasteiger partial charge is 0.137 e. The molecule has 1 aromatic heterocycles. The van der Waals surface area contributed by atoms with Crippen molar-refractivity contribution in [3.63, 3.8) is 0 Å². The molecule has 0 aliphatic carbocycles. The van der Waals surface area contributed by atoms with E-state index in [0.29, 0.717) is 5.88 Å². The average Bonchev–Trinajstić information content (AvgIpc) is 2.84. The predicted molar refractivity (Wildman–Crippen MR) is 71.5 cm³/mol. The molecule has 0 spiro atoms. The van der Waals surface area contributed by atoms with Crippen molar-refractivity contribution in [2.75, 3.05) is 5.75 Å². The third-order valence-corrected chi connectivity index (χ3v) is 4.01. The molecule has 0 bridgehead atoms. The van der Waals surface area contributed by atoms with E-state index in [2.05, 4.69) is 35.2 Å². The van der Waals surface area contributed by atoms with Crippen molar-refractivity contribution in [3.8, 4) is 0 Å². The van der Waals surface area contributed by atoms with Crippen LogP contribution in [0.1, 0.15) is 11.1 Å². The van der Waals surface area contributed by atoms with E-state index in [1.54, 1.807) is 12.7 Å². The Hall–Kier alpha value is -1.00. The van der Waals surface area contributed by atoms with Gasteiger partial charge in [0.05, 0.1) is 6.54 Å². The first-order chi connectivity index (χ1) is 8.31. The van der Waals surface area contributed by atoms with E-state index in [9.17, 15) is 0 Å². The lowest BCUT2D eigenvalue weighted by molar-refractivity contribution is 0.664. The molecule has 0 saturated heterocycles. The lowest BCUT2D eigenvalue weighted by Crippen LogP contribution is -2.00. The van der Waals surface area contributed by atoms with Crippen molar-refractivity contribution in [1.29, 1.82) is 0 Å². The molecule has 2 rings (SSSR count). The standard InChI is InChI=1S/C12H14ClN3S/c1-10-11(7-13)3-2-4-12(10)17-6-5-16-9-14-8-15-16/h2-4,8-9H,5-7H2,1H3. The quantitative estimate of drug-likeness (QED) is 0.616. The van der Waals surface area contributed by atoms with Crippen molar-refractivity contribution in [2.24, 2.45) is 0 Å². The molecule has 3 nitrogen and oxygen atoms in total. The van der Waals surface area contributed by atoms with Gasteiger partial charge in [-0.05, 0) is 24.1 Å². The first-order valence-corrected chi connectivity index (χ1v) is 6.93. The topological polar surface area (TPSA) is 30.7 Å². The van der Waals surface area contributed by atoms with Crippen LogP contribution in [0.15, 0.2) is 35.7 Å². The SMILES string of the molecule is Cc1c(CCl)cccc1SCCn1cncn1. The van der Waals surface area contributed by atoms with Crippen LogP contribution in [0.5, 0.6) is 0 Å². The van der Waals surface area contributed by atoms with Crippen LogP contribution < -0.4 is 0 Å². The Kier molecular flexibility index (Phi) is 4.45. The molecule has 0 saturated carbocycles. The summed E-state index contributed by atoms with van der Waals surface area (Å²) in [6, 6.07) is 6.27. The number of nitrogens with zero attached hydrogens (tertiary/aromatic N) is 3. The first-order valence-electron chi connectivity index (χ1n) is 5.41. The van der Waals surface area contributed by atoms with Crippen LogP contribution in [0.25, 0.3) is 0 Å². The van der Waals surface area contributed by atoms with E-state index in [1.165, 1.54) is 16.0 Å². The highest BCUT2D eigenvalue weighted by Crippen LogP contribution is 2.25. The highest BCUT2D eigenvalue weighted by Gasteiger charge is 2.03. The summed E-state index contributed by atoms with van der Waals surface area (Å²) < 4.78 is 1.84. The maximum atomic E-state index is 5.89. The minimum Gasteiger partial charge on any atom is -0.252 e. The molecule has 0 radical (unpaired) electrons. The number of hydrogen-bond donors (Lipinski definition) is 0. The number of benzene rings is 1. The van der Waals surface area contributed by atoms with E-state index in [-0.39, 0.29) is 0 Å². The summed E-state index contributed by atoms with van der Waals surface area (Å²) in [7, 11) is 0. The Balaban J connectivity index is 1.95. The van der Waals surface area contributed by atoms with Gasteiger partial charge in [0.25, 0.3) is 0 Å². The Morgan fingerprint density at radius 3 is 3.00 bits per heavy atom. The van der Waals surface area contributed by atoms with Gasteiger partial charge in [-0.25, -0.2) is 4.98 Å². The van der Waals surface area contributed by atoms with Gasteiger partial charge in [0.1, 0.15) is 12.7 Å². The molecule has 2 aromatic rings. The average molecular weight is 268 g/mol. The van der Waals surface area contributed by atoms with E-state index in [0.717, 1.165) is 12.3 Å². The number of aryl methyl sites for hydroxylation is 1. The number of halogens is 1. The Morgan fingerprint density at radius 1 is 1.41 bits per heavy atom. The number of hydrogen-bond acceptors (Lipinski definition) is 3. The summed E-state index contributed by atoms with van der Waals surface area (Å²) in [6.45, 7) is 2.99. The summed E-state index contributed by atoms with van der Waals surface area (Å²) in [5.74, 6) is 1.55. The Labute approximate surface area is 110 Å². The highest BCUT2D eigenvalue weighted by atomic mass is 35.5. The maximum Gasteiger partial charge on any atom is 0.137 e. The fourth-order valence-electron chi connectivity index (χ4n) is 1.56. The van der Waals surface area contributed by atoms with Crippen molar-refractivity contribution >= 4 is 23.4 Å². The summed E-state index contributed by atoms with van der Waals surface area (Å²) in [5, 5.41) is 4.07. The lowest BCUT2D eigenvalue weighted by atomic mass is 10.1. The van der Waals surface area contributed by atoms with Crippen LogP contribution in [-0.4, -0.2) is 20.5 Å². The van der Waals surface area contributed by atoms with Gasteiger partial charge in [-0.1, -0.05) is 12.1 Å². The zero-order valence-electron chi connectivity index (χ0n) is 9.64. The van der Waals surface area contributed by atoms with Crippen LogP contribution in [0, 0.1) is 6.92 Å². The summed E-state index contributed by atoms with van der Waals surface area (Å²) in [4.78, 5) is 5.21. The lowest BCUT2D eigenvalue weighted by Gasteiger charge is -2.08. The van der Waals surface area contributed by atoms with Crippen LogP contribution in [-0.2, 0) is 12.4 Å². The van der Waals surface area contributed by atoms with Gasteiger partial charge in [0.15, 0.2) is 0 Å². The number of thioether (sulfide) groups is 1. The van der Waals surface area contributed by atoms with Crippen molar-refractivity contribution < 1.29 is 0 Å². The van der Waals surface area contributed by atoms with Gasteiger partial charge in [-0.15, -0.1) is 23.4 Å². The van der Waals surface area contributed by atoms with E-state index < -0.39 is 0 Å². The monoisotopic (exact) mass is 267 g/mol. The summed E-state index contributed by atoms with van der Waals surface area (Å²) in [6.07, 6.45) is 3.30. The fraction of sp³-hybridized carbons (Fsp3) is 0.333. The van der Waals surface area contributed by atoms with Gasteiger partial charge in [-0.2, -0.15) is 5.10 Å². The van der Waals surface area contributed by atoms with E-state index in [4.69, 9.17) is 11.6 Å². The molecule has 0 atom stereocenters. The molecule has 0 N–H and O–H groups in total. The van der Waals surface area contributed by atoms with Crippen molar-refractivity contribution in [3.05, 3.63) is 42.0 Å². The molecule has 0 fully saturated rings. The highest BCUT2D eigenvalue weighted by molar-refractivity contribution is 7.99. The van der Waals surface area contributed by atoms with Gasteiger partial charge in [0, 0.05) is 16.5 Å². The second-order valence-electron chi connectivity index (χ2n) is 3.68. The number of aromatic nitrogens is 3. The van der Waals surface area contributed by atoms with Crippen LogP contribution >= 0.6 is 23.4 Å². The van der Waals surface area contributed by atoms with Crippen molar-refractivity contribution in [1.82, 2.24) is 14.8 Å². The van der Waals surface area contributed by atoms with E-state index >= 15 is 0 Å². The molecular formula is C12H14ClN3S. The summed E-state index contributed by atoms with van der Waals surface area (Å²) in [5.41, 5.74) is 2.49. The maximum absolute atomic E-state index is 5.89. The van der Waals surface area contributed by atoms with Crippen LogP contribution in [0.4, 0.5) is 0 Å². The molecule has 0 unspecified atom stereocenters. The number of alkyl halides is 1. The first kappa shape index (κ1) is 12.5. The minimum absolute atomic E-state index is 0.573. The third-order valence-electron chi connectivity index (χ3n) is 2.58. The molecule has 1 aromatic carbocycles. The van der Waals surface area contributed by atoms with Gasteiger partial charge < -0.3 is 0 Å². The second-order valence-corrected chi connectivity index (χ2v) is 5.08. The predicted octanol–water partition coefficient (Wildman–Crippen LogP) is 3.12. The van der Waals surface area contributed by atoms with Crippen molar-refractivity contribution in [2.45, 2.75) is 24.2 Å². The molecule has 1 heterocycles. The zero-order valence-corrected chi connectivity index (χ0v) is 11.2. The molecule has 0 aliphatic rings. The molecule has 17 heavy (non-hydrogen) atoms. The van der Waals surface area contributed by atoms with Gasteiger partial charge in [0.2, 0.25) is 0 Å². The van der Waals surface area contributed by atoms with Crippen LogP contribution in [0.2, 0.25) is 0 Å². The summed E-state index contributed by atoms with van der Waals surface area (Å²) >= 11 is 7.72.